The van der Waals surface area contributed by atoms with Crippen LogP contribution >= 0.6 is 0 Å². The molecule has 3 atom stereocenters. The van der Waals surface area contributed by atoms with E-state index in [2.05, 4.69) is 34.7 Å². The van der Waals surface area contributed by atoms with Crippen molar-refractivity contribution >= 4 is 17.8 Å². The Hall–Kier alpha value is -2.61. The molecule has 1 aromatic carbocycles. The minimum Gasteiger partial charge on any atom is -0.350 e. The fourth-order valence-electron chi connectivity index (χ4n) is 4.47. The Morgan fingerprint density at radius 1 is 1.09 bits per heavy atom. The monoisotopic (exact) mass is 443 g/mol. The van der Waals surface area contributed by atoms with Crippen LogP contribution in [0.1, 0.15) is 50.9 Å². The zero-order chi connectivity index (χ0) is 23.3. The molecule has 3 N–H and O–H groups in total. The Balaban J connectivity index is 1.66. The molecule has 176 valence electrons. The normalized spacial score (nSPS) is 23.4. The molecular formula is C24H37N5O3. The van der Waals surface area contributed by atoms with E-state index >= 15 is 0 Å². The number of nitrogens with zero attached hydrogens (tertiary/aromatic N) is 2. The molecule has 8 heteroatoms. The Morgan fingerprint density at radius 2 is 1.81 bits per heavy atom. The molecule has 2 fully saturated rings. The Bertz CT molecular complexity index is 798. The highest BCUT2D eigenvalue weighted by Crippen LogP contribution is 2.27. The van der Waals surface area contributed by atoms with Crippen LogP contribution in [0.4, 0.5) is 4.79 Å². The van der Waals surface area contributed by atoms with Crippen LogP contribution in [0.15, 0.2) is 30.3 Å². The van der Waals surface area contributed by atoms with Crippen molar-refractivity contribution in [2.45, 2.75) is 64.7 Å². The zero-order valence-corrected chi connectivity index (χ0v) is 19.6. The topological polar surface area (TPSA) is 93.8 Å². The van der Waals surface area contributed by atoms with Gasteiger partial charge in [-0.25, -0.2) is 4.79 Å². The lowest BCUT2D eigenvalue weighted by molar-refractivity contribution is -0.143. The maximum absolute atomic E-state index is 13.4. The lowest BCUT2D eigenvalue weighted by Gasteiger charge is -2.43. The molecule has 0 aliphatic carbocycles. The highest BCUT2D eigenvalue weighted by molar-refractivity contribution is 5.94. The van der Waals surface area contributed by atoms with Gasteiger partial charge in [0.25, 0.3) is 5.91 Å². The quantitative estimate of drug-likeness (QED) is 0.571. The minimum absolute atomic E-state index is 0.0342. The first kappa shape index (κ1) is 24.0. The molecule has 8 nitrogen and oxygen atoms in total. The van der Waals surface area contributed by atoms with E-state index in [0.29, 0.717) is 18.0 Å². The number of benzene rings is 1. The molecule has 2 aliphatic heterocycles. The summed E-state index contributed by atoms with van der Waals surface area (Å²) in [5.74, 6) is 0.392. The SMILES string of the molecule is CC(C)CCN1C[C@@H]2C[C@H](NC(=O)NC(C)C)CN2C(=O)[C@@H]1CNC(=O)c1ccccc1. The predicted molar refractivity (Wildman–Crippen MR) is 124 cm³/mol. The van der Waals surface area contributed by atoms with E-state index in [1.807, 2.05) is 36.9 Å². The first-order valence-corrected chi connectivity index (χ1v) is 11.7. The van der Waals surface area contributed by atoms with Crippen LogP contribution in [0.5, 0.6) is 0 Å². The number of piperazine rings is 1. The van der Waals surface area contributed by atoms with Gasteiger partial charge in [0.1, 0.15) is 6.04 Å². The van der Waals surface area contributed by atoms with Gasteiger partial charge in [0.15, 0.2) is 0 Å². The number of carbonyl (C=O) groups excluding carboxylic acids is 3. The summed E-state index contributed by atoms with van der Waals surface area (Å²) in [5, 5.41) is 8.81. The van der Waals surface area contributed by atoms with Gasteiger partial charge in [-0.2, -0.15) is 0 Å². The molecule has 0 aromatic heterocycles. The molecule has 32 heavy (non-hydrogen) atoms. The average molecular weight is 444 g/mol. The Labute approximate surface area is 191 Å². The zero-order valence-electron chi connectivity index (χ0n) is 19.6. The van der Waals surface area contributed by atoms with Crippen molar-refractivity contribution < 1.29 is 14.4 Å². The first-order valence-electron chi connectivity index (χ1n) is 11.7. The van der Waals surface area contributed by atoms with Crippen molar-refractivity contribution in [3.05, 3.63) is 35.9 Å². The number of urea groups is 1. The minimum atomic E-state index is -0.388. The molecule has 0 unspecified atom stereocenters. The van der Waals surface area contributed by atoms with Crippen LogP contribution in [-0.2, 0) is 4.79 Å². The summed E-state index contributed by atoms with van der Waals surface area (Å²) in [6.07, 6.45) is 1.74. The number of fused-ring (bicyclic) bond motifs is 1. The Morgan fingerprint density at radius 3 is 2.47 bits per heavy atom. The van der Waals surface area contributed by atoms with E-state index < -0.39 is 0 Å². The molecule has 2 aliphatic rings. The van der Waals surface area contributed by atoms with Crippen LogP contribution < -0.4 is 16.0 Å². The second kappa shape index (κ2) is 10.8. The molecule has 0 saturated carbocycles. The van der Waals surface area contributed by atoms with Crippen molar-refractivity contribution in [3.63, 3.8) is 0 Å². The van der Waals surface area contributed by atoms with Crippen LogP contribution in [0.3, 0.4) is 0 Å². The van der Waals surface area contributed by atoms with Gasteiger partial charge in [-0.1, -0.05) is 32.0 Å². The van der Waals surface area contributed by atoms with E-state index in [-0.39, 0.29) is 48.6 Å². The lowest BCUT2D eigenvalue weighted by atomic mass is 10.0. The van der Waals surface area contributed by atoms with Crippen molar-refractivity contribution in [3.8, 4) is 0 Å². The van der Waals surface area contributed by atoms with E-state index in [4.69, 9.17) is 0 Å². The molecule has 0 radical (unpaired) electrons. The smallest absolute Gasteiger partial charge is 0.315 e. The summed E-state index contributed by atoms with van der Waals surface area (Å²) < 4.78 is 0. The third-order valence-electron chi connectivity index (χ3n) is 6.11. The molecule has 4 amide bonds. The fourth-order valence-corrected chi connectivity index (χ4v) is 4.47. The molecular weight excluding hydrogens is 406 g/mol. The van der Waals surface area contributed by atoms with Crippen molar-refractivity contribution in [2.24, 2.45) is 5.92 Å². The largest absolute Gasteiger partial charge is 0.350 e. The van der Waals surface area contributed by atoms with Gasteiger partial charge in [0.2, 0.25) is 5.91 Å². The molecule has 2 heterocycles. The summed E-state index contributed by atoms with van der Waals surface area (Å²) in [6.45, 7) is 10.5. The third kappa shape index (κ3) is 6.22. The second-order valence-electron chi connectivity index (χ2n) is 9.62. The van der Waals surface area contributed by atoms with Crippen molar-refractivity contribution in [1.29, 1.82) is 0 Å². The van der Waals surface area contributed by atoms with Crippen LogP contribution in [-0.4, -0.2) is 78.0 Å². The fraction of sp³-hybridized carbons (Fsp3) is 0.625. The van der Waals surface area contributed by atoms with Crippen LogP contribution in [0, 0.1) is 5.92 Å². The average Bonchev–Trinajstić information content (AvgIpc) is 3.13. The van der Waals surface area contributed by atoms with E-state index in [0.717, 1.165) is 25.9 Å². The Kier molecular flexibility index (Phi) is 8.12. The number of rotatable bonds is 8. The number of carbonyl (C=O) groups is 3. The number of amides is 4. The van der Waals surface area contributed by atoms with Gasteiger partial charge in [0, 0.05) is 37.3 Å². The number of hydrogen-bond donors (Lipinski definition) is 3. The van der Waals surface area contributed by atoms with Gasteiger partial charge in [-0.05, 0) is 51.3 Å². The van der Waals surface area contributed by atoms with Gasteiger partial charge >= 0.3 is 6.03 Å². The van der Waals surface area contributed by atoms with Crippen LogP contribution in [0.2, 0.25) is 0 Å². The number of hydrogen-bond acceptors (Lipinski definition) is 4. The van der Waals surface area contributed by atoms with Gasteiger partial charge in [0.05, 0.1) is 6.04 Å². The van der Waals surface area contributed by atoms with E-state index in [9.17, 15) is 14.4 Å². The molecule has 3 rings (SSSR count). The highest BCUT2D eigenvalue weighted by Gasteiger charge is 2.45. The standard InChI is InChI=1S/C24H37N5O3/c1-16(2)10-11-28-15-20-12-19(27-24(32)26-17(3)4)14-29(20)23(31)21(28)13-25-22(30)18-8-6-5-7-9-18/h5-9,16-17,19-21H,10-15H2,1-4H3,(H,25,30)(H2,26,27,32)/t19-,20-,21-/m0/s1. The highest BCUT2D eigenvalue weighted by atomic mass is 16.2. The molecule has 2 saturated heterocycles. The van der Waals surface area contributed by atoms with E-state index in [1.165, 1.54) is 0 Å². The molecule has 1 aromatic rings. The molecule has 0 bridgehead atoms. The lowest BCUT2D eigenvalue weighted by Crippen LogP contribution is -2.62. The number of nitrogens with one attached hydrogen (secondary N) is 3. The summed E-state index contributed by atoms with van der Waals surface area (Å²) in [7, 11) is 0. The first-order chi connectivity index (χ1) is 15.2. The second-order valence-corrected chi connectivity index (χ2v) is 9.62. The predicted octanol–water partition coefficient (Wildman–Crippen LogP) is 1.82. The van der Waals surface area contributed by atoms with Crippen LogP contribution in [0.25, 0.3) is 0 Å². The summed E-state index contributed by atoms with van der Waals surface area (Å²) >= 11 is 0. The van der Waals surface area contributed by atoms with Crippen molar-refractivity contribution in [1.82, 2.24) is 25.8 Å². The third-order valence-corrected chi connectivity index (χ3v) is 6.11. The van der Waals surface area contributed by atoms with Crippen molar-refractivity contribution in [2.75, 3.05) is 26.2 Å². The maximum atomic E-state index is 13.4. The summed E-state index contributed by atoms with van der Waals surface area (Å²) in [4.78, 5) is 42.2. The summed E-state index contributed by atoms with van der Waals surface area (Å²) in [6, 6.07) is 8.56. The molecule has 0 spiro atoms. The van der Waals surface area contributed by atoms with Gasteiger partial charge < -0.3 is 20.9 Å². The summed E-state index contributed by atoms with van der Waals surface area (Å²) in [5.41, 5.74) is 0.587. The van der Waals surface area contributed by atoms with Gasteiger partial charge in [-0.3, -0.25) is 14.5 Å². The van der Waals surface area contributed by atoms with Gasteiger partial charge in [-0.15, -0.1) is 0 Å². The van der Waals surface area contributed by atoms with E-state index in [1.54, 1.807) is 12.1 Å². The maximum Gasteiger partial charge on any atom is 0.315 e.